The van der Waals surface area contributed by atoms with Gasteiger partial charge in [0.1, 0.15) is 5.82 Å². The van der Waals surface area contributed by atoms with Crippen molar-refractivity contribution in [1.29, 1.82) is 0 Å². The van der Waals surface area contributed by atoms with E-state index in [9.17, 15) is 0 Å². The summed E-state index contributed by atoms with van der Waals surface area (Å²) in [6.07, 6.45) is 3.58. The van der Waals surface area contributed by atoms with Crippen LogP contribution in [-0.2, 0) is 0 Å². The number of imidazole rings is 1. The maximum absolute atomic E-state index is 5.03. The highest BCUT2D eigenvalue weighted by atomic mass is 15.1. The van der Waals surface area contributed by atoms with Crippen molar-refractivity contribution in [2.45, 2.75) is 0 Å². The Balaban J connectivity index is 1.05. The minimum Gasteiger partial charge on any atom is -0.292 e. The second kappa shape index (κ2) is 13.1. The molecule has 3 aromatic heterocycles. The van der Waals surface area contributed by atoms with Crippen LogP contribution in [-0.4, -0.2) is 24.5 Å². The molecule has 0 unspecified atom stereocenters. The molecule has 0 radical (unpaired) electrons. The Labute approximate surface area is 296 Å². The van der Waals surface area contributed by atoms with Crippen LogP contribution in [0.15, 0.2) is 188 Å². The second-order valence-electron chi connectivity index (χ2n) is 12.4. The van der Waals surface area contributed by atoms with Crippen LogP contribution in [0.3, 0.4) is 0 Å². The lowest BCUT2D eigenvalue weighted by Gasteiger charge is -2.11. The van der Waals surface area contributed by atoms with E-state index in [0.29, 0.717) is 5.82 Å². The molecule has 0 spiro atoms. The first-order chi connectivity index (χ1) is 25.3. The van der Waals surface area contributed by atoms with Crippen LogP contribution >= 0.6 is 0 Å². The molecule has 0 N–H and O–H groups in total. The van der Waals surface area contributed by atoms with E-state index in [1.54, 1.807) is 6.20 Å². The average Bonchev–Trinajstić information content (AvgIpc) is 3.62. The summed E-state index contributed by atoms with van der Waals surface area (Å²) in [4.78, 5) is 19.4. The Morgan fingerprint density at radius 2 is 0.941 bits per heavy atom. The third kappa shape index (κ3) is 5.98. The molecule has 3 heterocycles. The lowest BCUT2D eigenvalue weighted by molar-refractivity contribution is 1.10. The minimum atomic E-state index is 0.641. The first-order valence-electron chi connectivity index (χ1n) is 17.0. The summed E-state index contributed by atoms with van der Waals surface area (Å²) in [5, 5.41) is 0. The number of rotatable bonds is 7. The molecule has 0 aliphatic rings. The van der Waals surface area contributed by atoms with E-state index in [4.69, 9.17) is 15.0 Å². The Bertz CT molecular complexity index is 2600. The number of benzene rings is 6. The smallest absolute Gasteiger partial charge is 0.161 e. The van der Waals surface area contributed by atoms with Crippen molar-refractivity contribution in [1.82, 2.24) is 24.5 Å². The van der Waals surface area contributed by atoms with Gasteiger partial charge in [0.15, 0.2) is 5.82 Å². The number of aromatic nitrogens is 5. The quantitative estimate of drug-likeness (QED) is 0.172. The fourth-order valence-electron chi connectivity index (χ4n) is 6.56. The van der Waals surface area contributed by atoms with E-state index in [1.807, 2.05) is 36.5 Å². The van der Waals surface area contributed by atoms with Gasteiger partial charge in [-0.3, -0.25) is 9.55 Å². The third-order valence-electron chi connectivity index (χ3n) is 9.14. The summed E-state index contributed by atoms with van der Waals surface area (Å²) in [7, 11) is 0. The van der Waals surface area contributed by atoms with Crippen LogP contribution in [0.1, 0.15) is 0 Å². The van der Waals surface area contributed by atoms with Crippen LogP contribution in [0.25, 0.3) is 84.3 Å². The van der Waals surface area contributed by atoms with Crippen molar-refractivity contribution in [2.75, 3.05) is 0 Å². The number of hydrogen-bond acceptors (Lipinski definition) is 4. The molecule has 0 fully saturated rings. The zero-order valence-electron chi connectivity index (χ0n) is 27.6. The highest BCUT2D eigenvalue weighted by Crippen LogP contribution is 2.33. The van der Waals surface area contributed by atoms with Gasteiger partial charge in [0.05, 0.1) is 22.4 Å². The van der Waals surface area contributed by atoms with Gasteiger partial charge in [-0.25, -0.2) is 15.0 Å². The molecule has 6 aromatic carbocycles. The molecule has 0 saturated carbocycles. The van der Waals surface area contributed by atoms with E-state index in [-0.39, 0.29) is 0 Å². The van der Waals surface area contributed by atoms with Gasteiger partial charge in [0, 0.05) is 40.3 Å². The fraction of sp³-hybridized carbons (Fsp3) is 0. The van der Waals surface area contributed by atoms with Crippen LogP contribution < -0.4 is 0 Å². The zero-order valence-corrected chi connectivity index (χ0v) is 27.6. The monoisotopic (exact) mass is 653 g/mol. The fourth-order valence-corrected chi connectivity index (χ4v) is 6.56. The molecular formula is C46H31N5. The van der Waals surface area contributed by atoms with Crippen molar-refractivity contribution in [2.24, 2.45) is 0 Å². The third-order valence-corrected chi connectivity index (χ3v) is 9.14. The number of nitrogens with zero attached hydrogens (tertiary/aromatic N) is 5. The lowest BCUT2D eigenvalue weighted by Crippen LogP contribution is -1.97. The number of hydrogen-bond donors (Lipinski definition) is 0. The Hall–Kier alpha value is -6.98. The zero-order chi connectivity index (χ0) is 34.0. The molecule has 0 aliphatic carbocycles. The molecule has 51 heavy (non-hydrogen) atoms. The number of para-hydroxylation sites is 3. The van der Waals surface area contributed by atoms with Crippen molar-refractivity contribution >= 4 is 11.0 Å². The van der Waals surface area contributed by atoms with Gasteiger partial charge in [-0.2, -0.15) is 0 Å². The molecular weight excluding hydrogens is 623 g/mol. The predicted octanol–water partition coefficient (Wildman–Crippen LogP) is 11.2. The maximum Gasteiger partial charge on any atom is 0.161 e. The topological polar surface area (TPSA) is 56.5 Å². The van der Waals surface area contributed by atoms with Gasteiger partial charge in [0.2, 0.25) is 0 Å². The van der Waals surface area contributed by atoms with Gasteiger partial charge in [-0.15, -0.1) is 0 Å². The Morgan fingerprint density at radius 1 is 0.373 bits per heavy atom. The van der Waals surface area contributed by atoms with Crippen LogP contribution in [0, 0.1) is 0 Å². The predicted molar refractivity (Wildman–Crippen MR) is 207 cm³/mol. The van der Waals surface area contributed by atoms with Gasteiger partial charge in [-0.1, -0.05) is 127 Å². The average molecular weight is 654 g/mol. The highest BCUT2D eigenvalue weighted by molar-refractivity contribution is 5.84. The Kier molecular flexibility index (Phi) is 7.76. The van der Waals surface area contributed by atoms with Crippen molar-refractivity contribution in [3.8, 4) is 73.2 Å². The summed E-state index contributed by atoms with van der Waals surface area (Å²) < 4.78 is 2.23. The maximum atomic E-state index is 5.03. The number of pyridine rings is 1. The van der Waals surface area contributed by atoms with E-state index >= 15 is 0 Å². The largest absolute Gasteiger partial charge is 0.292 e. The summed E-state index contributed by atoms with van der Waals surface area (Å²) in [5.41, 5.74) is 13.4. The van der Waals surface area contributed by atoms with Crippen molar-refractivity contribution in [3.63, 3.8) is 0 Å². The Morgan fingerprint density at radius 3 is 1.67 bits per heavy atom. The van der Waals surface area contributed by atoms with Crippen LogP contribution in [0.2, 0.25) is 0 Å². The molecule has 5 nitrogen and oxygen atoms in total. The number of fused-ring (bicyclic) bond motifs is 1. The summed E-state index contributed by atoms with van der Waals surface area (Å²) in [6, 6.07) is 60.8. The molecule has 9 rings (SSSR count). The van der Waals surface area contributed by atoms with E-state index in [0.717, 1.165) is 72.9 Å². The molecule has 0 amide bonds. The summed E-state index contributed by atoms with van der Waals surface area (Å²) in [6.45, 7) is 0. The summed E-state index contributed by atoms with van der Waals surface area (Å²) in [5.74, 6) is 1.56. The minimum absolute atomic E-state index is 0.641. The highest BCUT2D eigenvalue weighted by Gasteiger charge is 2.15. The molecule has 0 atom stereocenters. The van der Waals surface area contributed by atoms with Gasteiger partial charge < -0.3 is 0 Å². The molecule has 5 heteroatoms. The standard InChI is InChI=1S/C46H31N5/c1-3-11-32(12-4-1)37-13-9-14-38(29-37)43-30-42(48-45(49-43)39-15-10-28-47-31-39)35-24-20-33(21-25-35)34-22-26-36(27-23-34)46-50-41-18-7-8-19-44(41)51(46)40-16-5-2-6-17-40/h1-31H. The first-order valence-corrected chi connectivity index (χ1v) is 17.0. The van der Waals surface area contributed by atoms with Crippen LogP contribution in [0.5, 0.6) is 0 Å². The summed E-state index contributed by atoms with van der Waals surface area (Å²) >= 11 is 0. The molecule has 240 valence electrons. The van der Waals surface area contributed by atoms with Gasteiger partial charge >= 0.3 is 0 Å². The van der Waals surface area contributed by atoms with Crippen molar-refractivity contribution < 1.29 is 0 Å². The normalized spacial score (nSPS) is 11.1. The van der Waals surface area contributed by atoms with Crippen LogP contribution in [0.4, 0.5) is 0 Å². The van der Waals surface area contributed by atoms with Gasteiger partial charge in [0.25, 0.3) is 0 Å². The second-order valence-corrected chi connectivity index (χ2v) is 12.4. The molecule has 0 aliphatic heterocycles. The first kappa shape index (κ1) is 30.1. The van der Waals surface area contributed by atoms with E-state index < -0.39 is 0 Å². The van der Waals surface area contributed by atoms with Gasteiger partial charge in [-0.05, 0) is 70.8 Å². The van der Waals surface area contributed by atoms with E-state index in [1.165, 1.54) is 5.56 Å². The molecule has 0 bridgehead atoms. The molecule has 0 saturated heterocycles. The molecule has 9 aromatic rings. The van der Waals surface area contributed by atoms with Crippen molar-refractivity contribution in [3.05, 3.63) is 188 Å². The SMILES string of the molecule is c1ccc(-c2cccc(-c3cc(-c4ccc(-c5ccc(-c6nc7ccccc7n6-c6ccccc6)cc5)cc4)nc(-c4cccnc4)n3)c2)cc1. The van der Waals surface area contributed by atoms with E-state index in [2.05, 4.69) is 155 Å². The lowest BCUT2D eigenvalue weighted by atomic mass is 9.99.